The third kappa shape index (κ3) is 5.42. The molecule has 0 aromatic heterocycles. The molecule has 0 spiro atoms. The van der Waals surface area contributed by atoms with Crippen LogP contribution < -0.4 is 0 Å². The second-order valence-electron chi connectivity index (χ2n) is 8.59. The largest absolute Gasteiger partial charge is 0.444 e. The number of nitrogens with zero attached hydrogens (tertiary/aromatic N) is 1. The first-order valence-electron chi connectivity index (χ1n) is 9.83. The highest BCUT2D eigenvalue weighted by Crippen LogP contribution is 2.39. The van der Waals surface area contributed by atoms with Crippen LogP contribution in [0.4, 0.5) is 18.0 Å². The van der Waals surface area contributed by atoms with Crippen LogP contribution in [0.15, 0.2) is 47.4 Å². The van der Waals surface area contributed by atoms with Crippen molar-refractivity contribution in [2.24, 2.45) is 0 Å². The Labute approximate surface area is 185 Å². The molecule has 1 amide bonds. The average Bonchev–Trinajstić information content (AvgIpc) is 3.03. The Balaban J connectivity index is 1.90. The zero-order valence-corrected chi connectivity index (χ0v) is 18.9. The highest BCUT2D eigenvalue weighted by atomic mass is 32.2. The molecule has 3 rings (SSSR count). The quantitative estimate of drug-likeness (QED) is 0.573. The number of benzene rings is 2. The molecule has 2 aromatic carbocycles. The number of halogens is 3. The molecule has 0 unspecified atom stereocenters. The molecular formula is C22H24F3NO5S. The molecule has 0 aliphatic carbocycles. The number of hydrogen-bond donors (Lipinski definition) is 0. The van der Waals surface area contributed by atoms with Crippen molar-refractivity contribution in [3.05, 3.63) is 64.7 Å². The number of ether oxygens (including phenoxy) is 1. The molecule has 10 heteroatoms. The zero-order valence-electron chi connectivity index (χ0n) is 18.1. The maximum Gasteiger partial charge on any atom is 0.416 e. The summed E-state index contributed by atoms with van der Waals surface area (Å²) in [7, 11) is -4.14. The first kappa shape index (κ1) is 24.1. The van der Waals surface area contributed by atoms with E-state index in [-0.39, 0.29) is 17.0 Å². The standard InChI is InChI=1S/C22H24F3NO5S/c1-14-5-8-17(9-6-14)32(28,29)30-13-19-18-10-7-16(22(23,24)25)11-15(18)12-26(19)20(27)31-21(2,3)4/h5-11,19H,12-13H2,1-4H3/t19-/m0/s1. The Kier molecular flexibility index (Phi) is 6.32. The lowest BCUT2D eigenvalue weighted by Crippen LogP contribution is -2.37. The van der Waals surface area contributed by atoms with E-state index < -0.39 is 46.2 Å². The molecule has 0 saturated carbocycles. The van der Waals surface area contributed by atoms with Gasteiger partial charge in [-0.15, -0.1) is 0 Å². The van der Waals surface area contributed by atoms with E-state index in [1.165, 1.54) is 23.1 Å². The third-order valence-electron chi connectivity index (χ3n) is 4.86. The van der Waals surface area contributed by atoms with Gasteiger partial charge in [-0.3, -0.25) is 9.08 Å². The van der Waals surface area contributed by atoms with Gasteiger partial charge in [-0.05, 0) is 63.1 Å². The summed E-state index contributed by atoms with van der Waals surface area (Å²) in [6.07, 6.45) is -5.32. The fourth-order valence-electron chi connectivity index (χ4n) is 3.32. The molecular weight excluding hydrogens is 447 g/mol. The van der Waals surface area contributed by atoms with Crippen LogP contribution in [0.25, 0.3) is 0 Å². The molecule has 6 nitrogen and oxygen atoms in total. The van der Waals surface area contributed by atoms with Crippen LogP contribution in [-0.2, 0) is 31.8 Å². The van der Waals surface area contributed by atoms with Crippen molar-refractivity contribution < 1.29 is 35.3 Å². The fourth-order valence-corrected chi connectivity index (χ4v) is 4.24. The Morgan fingerprint density at radius 1 is 1.09 bits per heavy atom. The number of carbonyl (C=O) groups excluding carboxylic acids is 1. The number of hydrogen-bond acceptors (Lipinski definition) is 5. The molecule has 0 saturated heterocycles. The van der Waals surface area contributed by atoms with Gasteiger partial charge < -0.3 is 4.74 Å². The van der Waals surface area contributed by atoms with Crippen LogP contribution in [0.3, 0.4) is 0 Å². The minimum atomic E-state index is -4.55. The molecule has 1 aliphatic heterocycles. The van der Waals surface area contributed by atoms with Gasteiger partial charge in [0.25, 0.3) is 10.1 Å². The lowest BCUT2D eigenvalue weighted by molar-refractivity contribution is -0.137. The van der Waals surface area contributed by atoms with Crippen molar-refractivity contribution in [2.75, 3.05) is 6.61 Å². The number of alkyl halides is 3. The summed E-state index contributed by atoms with van der Waals surface area (Å²) < 4.78 is 75.2. The average molecular weight is 471 g/mol. The maximum atomic E-state index is 13.1. The van der Waals surface area contributed by atoms with E-state index in [9.17, 15) is 26.4 Å². The normalized spacial score (nSPS) is 16.7. The minimum absolute atomic E-state index is 0.0578. The molecule has 2 aromatic rings. The van der Waals surface area contributed by atoms with Crippen LogP contribution in [0.5, 0.6) is 0 Å². The van der Waals surface area contributed by atoms with Crippen molar-refractivity contribution in [1.29, 1.82) is 0 Å². The number of aryl methyl sites for hydroxylation is 1. The van der Waals surface area contributed by atoms with E-state index in [1.54, 1.807) is 39.8 Å². The number of fused-ring (bicyclic) bond motifs is 1. The lowest BCUT2D eigenvalue weighted by Gasteiger charge is -2.28. The van der Waals surface area contributed by atoms with Gasteiger partial charge in [-0.25, -0.2) is 4.79 Å². The number of rotatable bonds is 4. The van der Waals surface area contributed by atoms with Crippen LogP contribution in [0.2, 0.25) is 0 Å². The maximum absolute atomic E-state index is 13.1. The van der Waals surface area contributed by atoms with Crippen LogP contribution in [0, 0.1) is 6.92 Å². The van der Waals surface area contributed by atoms with E-state index in [0.29, 0.717) is 5.56 Å². The van der Waals surface area contributed by atoms with E-state index in [1.807, 2.05) is 0 Å². The van der Waals surface area contributed by atoms with Gasteiger partial charge in [0.2, 0.25) is 0 Å². The predicted octanol–water partition coefficient (Wildman–Crippen LogP) is 5.21. The van der Waals surface area contributed by atoms with Crippen molar-refractivity contribution in [1.82, 2.24) is 4.90 Å². The Hall–Kier alpha value is -2.59. The molecule has 1 atom stereocenters. The summed E-state index contributed by atoms with van der Waals surface area (Å²) >= 11 is 0. The topological polar surface area (TPSA) is 72.9 Å². The third-order valence-corrected chi connectivity index (χ3v) is 6.16. The summed E-state index contributed by atoms with van der Waals surface area (Å²) in [5.74, 6) is 0. The Bertz CT molecular complexity index is 1110. The predicted molar refractivity (Wildman–Crippen MR) is 110 cm³/mol. The fraction of sp³-hybridized carbons (Fsp3) is 0.409. The smallest absolute Gasteiger partial charge is 0.416 e. The van der Waals surface area contributed by atoms with Gasteiger partial charge >= 0.3 is 12.3 Å². The zero-order chi connectivity index (χ0) is 23.9. The molecule has 0 fully saturated rings. The molecule has 32 heavy (non-hydrogen) atoms. The Morgan fingerprint density at radius 3 is 2.28 bits per heavy atom. The van der Waals surface area contributed by atoms with E-state index in [0.717, 1.165) is 17.7 Å². The van der Waals surface area contributed by atoms with E-state index in [2.05, 4.69) is 0 Å². The van der Waals surface area contributed by atoms with Crippen molar-refractivity contribution in [3.63, 3.8) is 0 Å². The summed E-state index contributed by atoms with van der Waals surface area (Å²) in [5.41, 5.74) is -0.197. The van der Waals surface area contributed by atoms with Crippen LogP contribution in [-0.4, -0.2) is 31.6 Å². The minimum Gasteiger partial charge on any atom is -0.444 e. The highest BCUT2D eigenvalue weighted by molar-refractivity contribution is 7.86. The summed E-state index contributed by atoms with van der Waals surface area (Å²) in [6, 6.07) is 8.21. The SMILES string of the molecule is Cc1ccc(S(=O)(=O)OC[C@H]2c3ccc(C(F)(F)F)cc3CN2C(=O)OC(C)(C)C)cc1. The van der Waals surface area contributed by atoms with Gasteiger partial charge in [0.15, 0.2) is 0 Å². The van der Waals surface area contributed by atoms with Crippen LogP contribution >= 0.6 is 0 Å². The molecule has 0 N–H and O–H groups in total. The molecule has 1 heterocycles. The van der Waals surface area contributed by atoms with Gasteiger partial charge in [-0.1, -0.05) is 23.8 Å². The molecule has 0 radical (unpaired) electrons. The van der Waals surface area contributed by atoms with E-state index in [4.69, 9.17) is 8.92 Å². The van der Waals surface area contributed by atoms with Crippen LogP contribution in [0.1, 0.15) is 49.1 Å². The van der Waals surface area contributed by atoms with Gasteiger partial charge in [0.05, 0.1) is 29.7 Å². The van der Waals surface area contributed by atoms with Crippen molar-refractivity contribution in [3.8, 4) is 0 Å². The van der Waals surface area contributed by atoms with Gasteiger partial charge in [0.1, 0.15) is 5.60 Å². The Morgan fingerprint density at radius 2 is 1.72 bits per heavy atom. The number of carbonyl (C=O) groups is 1. The van der Waals surface area contributed by atoms with Crippen molar-refractivity contribution in [2.45, 2.75) is 57.0 Å². The van der Waals surface area contributed by atoms with Gasteiger partial charge in [0, 0.05) is 0 Å². The molecule has 0 bridgehead atoms. The van der Waals surface area contributed by atoms with Gasteiger partial charge in [-0.2, -0.15) is 21.6 Å². The van der Waals surface area contributed by atoms with Crippen molar-refractivity contribution >= 4 is 16.2 Å². The lowest BCUT2D eigenvalue weighted by atomic mass is 10.0. The number of amides is 1. The van der Waals surface area contributed by atoms with E-state index >= 15 is 0 Å². The first-order valence-corrected chi connectivity index (χ1v) is 11.2. The second-order valence-corrected chi connectivity index (χ2v) is 10.2. The molecule has 174 valence electrons. The monoisotopic (exact) mass is 471 g/mol. The summed E-state index contributed by atoms with van der Waals surface area (Å²) in [6.45, 7) is 6.15. The second kappa shape index (κ2) is 8.40. The summed E-state index contributed by atoms with van der Waals surface area (Å²) in [5, 5.41) is 0. The first-order chi connectivity index (χ1) is 14.7. The summed E-state index contributed by atoms with van der Waals surface area (Å²) in [4.78, 5) is 13.9. The highest BCUT2D eigenvalue weighted by Gasteiger charge is 2.39. The molecule has 1 aliphatic rings.